The van der Waals surface area contributed by atoms with Crippen molar-refractivity contribution in [2.75, 3.05) is 18.9 Å². The van der Waals surface area contributed by atoms with Gasteiger partial charge in [0, 0.05) is 5.69 Å². The van der Waals surface area contributed by atoms with Crippen LogP contribution in [-0.2, 0) is 9.47 Å². The predicted octanol–water partition coefficient (Wildman–Crippen LogP) is 4.54. The number of nitrogens with zero attached hydrogens (tertiary/aromatic N) is 3. The third-order valence-electron chi connectivity index (χ3n) is 5.53. The second kappa shape index (κ2) is 9.28. The van der Waals surface area contributed by atoms with Crippen molar-refractivity contribution in [3.05, 3.63) is 59.7 Å². The van der Waals surface area contributed by atoms with E-state index < -0.39 is 11.9 Å². The van der Waals surface area contributed by atoms with Crippen molar-refractivity contribution in [2.24, 2.45) is 5.92 Å². The van der Waals surface area contributed by atoms with Gasteiger partial charge in [0.05, 0.1) is 29.8 Å². The van der Waals surface area contributed by atoms with Crippen molar-refractivity contribution in [3.8, 4) is 5.69 Å². The van der Waals surface area contributed by atoms with Crippen LogP contribution < -0.4 is 5.73 Å². The van der Waals surface area contributed by atoms with Crippen molar-refractivity contribution < 1.29 is 19.1 Å². The Kier molecular flexibility index (Phi) is 6.26. The lowest BCUT2D eigenvalue weighted by Crippen LogP contribution is -2.13. The van der Waals surface area contributed by atoms with Crippen molar-refractivity contribution in [1.29, 1.82) is 0 Å². The molecule has 0 aliphatic rings. The van der Waals surface area contributed by atoms with E-state index in [-0.39, 0.29) is 23.9 Å². The molecular formula is C25H26N4O4. The van der Waals surface area contributed by atoms with Crippen LogP contribution in [0, 0.1) is 5.92 Å². The lowest BCUT2D eigenvalue weighted by molar-refractivity contribution is 0.0449. The summed E-state index contributed by atoms with van der Waals surface area (Å²) in [4.78, 5) is 34.5. The molecule has 0 amide bonds. The monoisotopic (exact) mass is 446 g/mol. The summed E-state index contributed by atoms with van der Waals surface area (Å²) in [6.45, 7) is 6.38. The zero-order valence-electron chi connectivity index (χ0n) is 18.9. The molecule has 2 N–H and O–H groups in total. The van der Waals surface area contributed by atoms with Gasteiger partial charge < -0.3 is 15.2 Å². The first-order valence-corrected chi connectivity index (χ1v) is 11.0. The van der Waals surface area contributed by atoms with Gasteiger partial charge in [-0.15, -0.1) is 0 Å². The van der Waals surface area contributed by atoms with Crippen molar-refractivity contribution in [2.45, 2.75) is 27.2 Å². The van der Waals surface area contributed by atoms with Crippen molar-refractivity contribution in [1.82, 2.24) is 14.5 Å². The van der Waals surface area contributed by atoms with Crippen LogP contribution in [0.25, 0.3) is 27.9 Å². The molecule has 170 valence electrons. The zero-order chi connectivity index (χ0) is 23.5. The van der Waals surface area contributed by atoms with Crippen LogP contribution in [0.1, 0.15) is 47.9 Å². The molecule has 0 bridgehead atoms. The number of rotatable bonds is 7. The molecule has 33 heavy (non-hydrogen) atoms. The zero-order valence-corrected chi connectivity index (χ0v) is 18.9. The first-order valence-electron chi connectivity index (χ1n) is 11.0. The Labute approximate surface area is 191 Å². The quantitative estimate of drug-likeness (QED) is 0.415. The Morgan fingerprint density at radius 1 is 0.970 bits per heavy atom. The largest absolute Gasteiger partial charge is 0.462 e. The molecule has 8 heteroatoms. The molecule has 0 unspecified atom stereocenters. The van der Waals surface area contributed by atoms with E-state index in [2.05, 4.69) is 4.98 Å². The van der Waals surface area contributed by atoms with Crippen LogP contribution in [0.5, 0.6) is 0 Å². The minimum Gasteiger partial charge on any atom is -0.462 e. The van der Waals surface area contributed by atoms with Gasteiger partial charge in [0.1, 0.15) is 16.9 Å². The van der Waals surface area contributed by atoms with Gasteiger partial charge in [0.15, 0.2) is 5.65 Å². The van der Waals surface area contributed by atoms with Gasteiger partial charge in [-0.1, -0.05) is 32.4 Å². The Bertz CT molecular complexity index is 1330. The van der Waals surface area contributed by atoms with Crippen molar-refractivity contribution in [3.63, 3.8) is 0 Å². The van der Waals surface area contributed by atoms with Gasteiger partial charge in [-0.3, -0.25) is 4.57 Å². The summed E-state index contributed by atoms with van der Waals surface area (Å²) in [5.41, 5.74) is 9.85. The molecule has 4 aromatic rings. The van der Waals surface area contributed by atoms with Gasteiger partial charge in [-0.2, -0.15) is 0 Å². The first kappa shape index (κ1) is 22.3. The lowest BCUT2D eigenvalue weighted by atomic mass is 10.1. The second-order valence-electron chi connectivity index (χ2n) is 7.86. The number of esters is 2. The third kappa shape index (κ3) is 4.24. The number of nitrogen functional groups attached to an aromatic ring is 1. The second-order valence-corrected chi connectivity index (χ2v) is 7.86. The fourth-order valence-corrected chi connectivity index (χ4v) is 3.49. The molecular weight excluding hydrogens is 420 g/mol. The van der Waals surface area contributed by atoms with E-state index in [1.807, 2.05) is 38.1 Å². The van der Waals surface area contributed by atoms with Crippen LogP contribution in [0.15, 0.2) is 48.5 Å². The van der Waals surface area contributed by atoms with Gasteiger partial charge in [-0.25, -0.2) is 19.6 Å². The van der Waals surface area contributed by atoms with Crippen LogP contribution in [0.2, 0.25) is 0 Å². The van der Waals surface area contributed by atoms with E-state index in [4.69, 9.17) is 20.2 Å². The van der Waals surface area contributed by atoms with Gasteiger partial charge in [-0.05, 0) is 49.2 Å². The minimum atomic E-state index is -0.538. The number of benzene rings is 2. The topological polar surface area (TPSA) is 109 Å². The molecule has 0 aliphatic heterocycles. The normalized spacial score (nSPS) is 12.1. The molecule has 2 heterocycles. The Balaban J connectivity index is 1.87. The highest BCUT2D eigenvalue weighted by molar-refractivity contribution is 6.09. The fraction of sp³-hybridized carbons (Fsp3) is 0.280. The number of carbonyl (C=O) groups excluding carboxylic acids is 2. The maximum absolute atomic E-state index is 13.1. The molecule has 4 rings (SSSR count). The summed E-state index contributed by atoms with van der Waals surface area (Å²) in [5.74, 6) is -0.539. The number of nitrogens with two attached hydrogens (primary N) is 1. The smallest absolute Gasteiger partial charge is 0.344 e. The van der Waals surface area contributed by atoms with Gasteiger partial charge in [0.2, 0.25) is 0 Å². The minimum absolute atomic E-state index is 0.179. The Morgan fingerprint density at radius 2 is 1.64 bits per heavy atom. The maximum Gasteiger partial charge on any atom is 0.344 e. The standard InChI is InChI=1S/C25H26N4O4/c1-4-15(3)14-33-25(31)20-21-23(28-19-9-7-6-8-18(19)27-21)29(22(20)26)17-12-10-16(11-13-17)24(30)32-5-2/h6-13,15H,4-5,14,26H2,1-3H3/t15-/m1/s1. The molecule has 0 spiro atoms. The van der Waals surface area contributed by atoms with Crippen molar-refractivity contribution >= 4 is 40.0 Å². The Morgan fingerprint density at radius 3 is 2.27 bits per heavy atom. The van der Waals surface area contributed by atoms with E-state index in [1.54, 1.807) is 35.8 Å². The third-order valence-corrected chi connectivity index (χ3v) is 5.53. The molecule has 1 atom stereocenters. The molecule has 0 saturated carbocycles. The molecule has 8 nitrogen and oxygen atoms in total. The highest BCUT2D eigenvalue weighted by Gasteiger charge is 2.26. The SMILES string of the molecule is CCOC(=O)c1ccc(-n2c(N)c(C(=O)OC[C@H](C)CC)c3nc4ccccc4nc32)cc1. The molecule has 0 fully saturated rings. The molecule has 0 aliphatic carbocycles. The number of aromatic nitrogens is 3. The average Bonchev–Trinajstić information content (AvgIpc) is 3.11. The number of hydrogen-bond acceptors (Lipinski definition) is 7. The number of fused-ring (bicyclic) bond motifs is 2. The summed E-state index contributed by atoms with van der Waals surface area (Å²) in [6.07, 6.45) is 0.891. The summed E-state index contributed by atoms with van der Waals surface area (Å²) >= 11 is 0. The van der Waals surface area contributed by atoms with Gasteiger partial charge in [0.25, 0.3) is 0 Å². The number of anilines is 1. The lowest BCUT2D eigenvalue weighted by Gasteiger charge is -2.10. The highest BCUT2D eigenvalue weighted by atomic mass is 16.5. The van der Waals surface area contributed by atoms with Gasteiger partial charge >= 0.3 is 11.9 Å². The van der Waals surface area contributed by atoms with E-state index in [1.165, 1.54) is 0 Å². The average molecular weight is 447 g/mol. The van der Waals surface area contributed by atoms with E-state index in [0.717, 1.165) is 6.42 Å². The summed E-state index contributed by atoms with van der Waals surface area (Å²) in [6, 6.07) is 14.2. The van der Waals surface area contributed by atoms with Crippen LogP contribution in [0.4, 0.5) is 5.82 Å². The molecule has 2 aromatic heterocycles. The summed E-state index contributed by atoms with van der Waals surface area (Å²) in [7, 11) is 0. The van der Waals surface area contributed by atoms with E-state index in [0.29, 0.717) is 40.1 Å². The molecule has 0 saturated heterocycles. The molecule has 0 radical (unpaired) electrons. The number of para-hydroxylation sites is 2. The first-order chi connectivity index (χ1) is 15.9. The maximum atomic E-state index is 13.1. The van der Waals surface area contributed by atoms with Crippen LogP contribution >= 0.6 is 0 Å². The van der Waals surface area contributed by atoms with E-state index >= 15 is 0 Å². The van der Waals surface area contributed by atoms with Crippen LogP contribution in [0.3, 0.4) is 0 Å². The highest BCUT2D eigenvalue weighted by Crippen LogP contribution is 2.31. The number of carbonyl (C=O) groups is 2. The Hall–Kier alpha value is -3.94. The predicted molar refractivity (Wildman–Crippen MR) is 126 cm³/mol. The fourth-order valence-electron chi connectivity index (χ4n) is 3.49. The van der Waals surface area contributed by atoms with E-state index in [9.17, 15) is 9.59 Å². The number of hydrogen-bond donors (Lipinski definition) is 1. The summed E-state index contributed by atoms with van der Waals surface area (Å²) < 4.78 is 12.3. The van der Waals surface area contributed by atoms with Crippen LogP contribution in [-0.4, -0.2) is 39.7 Å². The number of ether oxygens (including phenoxy) is 2. The molecule has 2 aromatic carbocycles. The summed E-state index contributed by atoms with van der Waals surface area (Å²) in [5, 5.41) is 0.